The molecule has 1 unspecified atom stereocenters. The van der Waals surface area contributed by atoms with E-state index in [0.29, 0.717) is 11.4 Å². The lowest BCUT2D eigenvalue weighted by atomic mass is 10.2. The minimum absolute atomic E-state index is 0.0525. The first-order valence-corrected chi connectivity index (χ1v) is 4.95. The van der Waals surface area contributed by atoms with E-state index in [0.717, 1.165) is 5.69 Å². The van der Waals surface area contributed by atoms with Crippen molar-refractivity contribution in [1.82, 2.24) is 4.98 Å². The molecule has 0 saturated carbocycles. The largest absolute Gasteiger partial charge is 0.479 e. The number of aryl methyl sites for hydroxylation is 1. The van der Waals surface area contributed by atoms with Crippen molar-refractivity contribution in [1.29, 1.82) is 5.26 Å². The van der Waals surface area contributed by atoms with E-state index in [1.165, 1.54) is 7.11 Å². The van der Waals surface area contributed by atoms with E-state index in [2.05, 4.69) is 10.3 Å². The number of carboxylic acids is 1. The van der Waals surface area contributed by atoms with Crippen LogP contribution in [-0.2, 0) is 9.53 Å². The van der Waals surface area contributed by atoms with Crippen LogP contribution in [0.5, 0.6) is 0 Å². The van der Waals surface area contributed by atoms with Gasteiger partial charge in [0.15, 0.2) is 6.10 Å². The lowest BCUT2D eigenvalue weighted by Gasteiger charge is -2.12. The zero-order chi connectivity index (χ0) is 12.8. The molecule has 0 bridgehead atoms. The summed E-state index contributed by atoms with van der Waals surface area (Å²) in [4.78, 5) is 14.9. The molecule has 1 aromatic rings. The molecule has 1 heterocycles. The molecule has 0 spiro atoms. The van der Waals surface area contributed by atoms with Gasteiger partial charge in [-0.1, -0.05) is 0 Å². The summed E-state index contributed by atoms with van der Waals surface area (Å²) in [7, 11) is 1.31. The number of rotatable bonds is 5. The number of pyridine rings is 1. The number of hydrogen-bond acceptors (Lipinski definition) is 5. The molecular formula is C11H13N3O3. The molecule has 1 rings (SSSR count). The number of carboxylic acid groups (broad SMARTS) is 1. The van der Waals surface area contributed by atoms with Crippen molar-refractivity contribution in [3.05, 3.63) is 23.4 Å². The maximum atomic E-state index is 10.7. The Morgan fingerprint density at radius 1 is 1.71 bits per heavy atom. The normalized spacial score (nSPS) is 11.6. The summed E-state index contributed by atoms with van der Waals surface area (Å²) in [6.45, 7) is 1.84. The second-order valence-electron chi connectivity index (χ2n) is 3.40. The van der Waals surface area contributed by atoms with Crippen LogP contribution in [-0.4, -0.2) is 35.8 Å². The number of carbonyl (C=O) groups is 1. The Kier molecular flexibility index (Phi) is 4.43. The third kappa shape index (κ3) is 3.43. The van der Waals surface area contributed by atoms with Crippen LogP contribution in [0.25, 0.3) is 0 Å². The molecule has 0 saturated heterocycles. The first-order valence-electron chi connectivity index (χ1n) is 4.95. The summed E-state index contributed by atoms with van der Waals surface area (Å²) in [5.41, 5.74) is 1.12. The van der Waals surface area contributed by atoms with Crippen molar-refractivity contribution in [3.8, 4) is 6.07 Å². The lowest BCUT2D eigenvalue weighted by Crippen LogP contribution is -2.30. The van der Waals surface area contributed by atoms with E-state index < -0.39 is 12.1 Å². The molecule has 6 nitrogen and oxygen atoms in total. The Labute approximate surface area is 98.9 Å². The van der Waals surface area contributed by atoms with Crippen molar-refractivity contribution in [3.63, 3.8) is 0 Å². The number of nitrogens with zero attached hydrogens (tertiary/aromatic N) is 2. The molecule has 0 radical (unpaired) electrons. The van der Waals surface area contributed by atoms with Crippen LogP contribution in [0.1, 0.15) is 11.3 Å². The van der Waals surface area contributed by atoms with Gasteiger partial charge >= 0.3 is 5.97 Å². The monoisotopic (exact) mass is 235 g/mol. The fourth-order valence-electron chi connectivity index (χ4n) is 1.24. The highest BCUT2D eigenvalue weighted by molar-refractivity contribution is 5.73. The molecule has 0 amide bonds. The fraction of sp³-hybridized carbons (Fsp3) is 0.364. The predicted molar refractivity (Wildman–Crippen MR) is 60.6 cm³/mol. The molecule has 0 aliphatic rings. The SMILES string of the molecule is COC(CNc1nc(C)ccc1C#N)C(=O)O. The Morgan fingerprint density at radius 2 is 2.41 bits per heavy atom. The maximum absolute atomic E-state index is 10.7. The van der Waals surface area contributed by atoms with Crippen LogP contribution in [0.4, 0.5) is 5.82 Å². The van der Waals surface area contributed by atoms with Gasteiger partial charge in [-0.25, -0.2) is 9.78 Å². The van der Waals surface area contributed by atoms with Crippen LogP contribution in [0.2, 0.25) is 0 Å². The van der Waals surface area contributed by atoms with Gasteiger partial charge in [-0.15, -0.1) is 0 Å². The average molecular weight is 235 g/mol. The molecule has 6 heteroatoms. The van der Waals surface area contributed by atoms with E-state index in [9.17, 15) is 4.79 Å². The van der Waals surface area contributed by atoms with Gasteiger partial charge in [0.05, 0.1) is 12.1 Å². The molecular weight excluding hydrogens is 222 g/mol. The van der Waals surface area contributed by atoms with Crippen LogP contribution >= 0.6 is 0 Å². The number of anilines is 1. The smallest absolute Gasteiger partial charge is 0.334 e. The highest BCUT2D eigenvalue weighted by Crippen LogP contribution is 2.12. The number of nitriles is 1. The third-order valence-electron chi connectivity index (χ3n) is 2.17. The summed E-state index contributed by atoms with van der Waals surface area (Å²) < 4.78 is 4.76. The minimum atomic E-state index is -1.06. The van der Waals surface area contributed by atoms with Gasteiger partial charge in [0, 0.05) is 12.8 Å². The van der Waals surface area contributed by atoms with Gasteiger partial charge in [0.1, 0.15) is 11.9 Å². The second-order valence-corrected chi connectivity index (χ2v) is 3.40. The van der Waals surface area contributed by atoms with Gasteiger partial charge in [-0.3, -0.25) is 0 Å². The number of methoxy groups -OCH3 is 1. The van der Waals surface area contributed by atoms with Crippen LogP contribution in [0.15, 0.2) is 12.1 Å². The molecule has 1 atom stereocenters. The summed E-state index contributed by atoms with van der Waals surface area (Å²) in [5, 5.41) is 20.4. The molecule has 0 fully saturated rings. The molecule has 0 aromatic carbocycles. The van der Waals surface area contributed by atoms with Crippen LogP contribution in [0, 0.1) is 18.3 Å². The first-order chi connectivity index (χ1) is 8.08. The molecule has 90 valence electrons. The Balaban J connectivity index is 2.78. The summed E-state index contributed by atoms with van der Waals surface area (Å²) >= 11 is 0. The molecule has 17 heavy (non-hydrogen) atoms. The number of hydrogen-bond donors (Lipinski definition) is 2. The van der Waals surface area contributed by atoms with Crippen molar-refractivity contribution in [2.45, 2.75) is 13.0 Å². The van der Waals surface area contributed by atoms with Gasteiger partial charge in [-0.05, 0) is 19.1 Å². The Bertz CT molecular complexity index is 454. The number of aliphatic carboxylic acids is 1. The lowest BCUT2D eigenvalue weighted by molar-refractivity contribution is -0.147. The van der Waals surface area contributed by atoms with Crippen LogP contribution < -0.4 is 5.32 Å². The summed E-state index contributed by atoms with van der Waals surface area (Å²) in [6, 6.07) is 5.33. The topological polar surface area (TPSA) is 95.2 Å². The molecule has 1 aromatic heterocycles. The van der Waals surface area contributed by atoms with E-state index in [-0.39, 0.29) is 6.54 Å². The van der Waals surface area contributed by atoms with Gasteiger partial charge < -0.3 is 15.2 Å². The van der Waals surface area contributed by atoms with Crippen molar-refractivity contribution in [2.24, 2.45) is 0 Å². The highest BCUT2D eigenvalue weighted by Gasteiger charge is 2.16. The average Bonchev–Trinajstić information content (AvgIpc) is 2.29. The van der Waals surface area contributed by atoms with Gasteiger partial charge in [0.25, 0.3) is 0 Å². The number of aromatic nitrogens is 1. The quantitative estimate of drug-likeness (QED) is 0.782. The number of nitrogens with one attached hydrogen (secondary N) is 1. The summed E-state index contributed by atoms with van der Waals surface area (Å²) in [6.07, 6.45) is -0.969. The van der Waals surface area contributed by atoms with Gasteiger partial charge in [0.2, 0.25) is 0 Å². The molecule has 0 aliphatic carbocycles. The third-order valence-corrected chi connectivity index (χ3v) is 2.17. The van der Waals surface area contributed by atoms with E-state index in [1.807, 2.05) is 6.07 Å². The molecule has 2 N–H and O–H groups in total. The highest BCUT2D eigenvalue weighted by atomic mass is 16.5. The number of ether oxygens (including phenoxy) is 1. The van der Waals surface area contributed by atoms with Crippen molar-refractivity contribution in [2.75, 3.05) is 19.0 Å². The zero-order valence-electron chi connectivity index (χ0n) is 9.60. The van der Waals surface area contributed by atoms with Gasteiger partial charge in [-0.2, -0.15) is 5.26 Å². The molecule has 0 aliphatic heterocycles. The van der Waals surface area contributed by atoms with Crippen LogP contribution in [0.3, 0.4) is 0 Å². The Morgan fingerprint density at radius 3 is 2.94 bits per heavy atom. The standard InChI is InChI=1S/C11H13N3O3/c1-7-3-4-8(5-12)10(14-7)13-6-9(17-2)11(15)16/h3-4,9H,6H2,1-2H3,(H,13,14)(H,15,16). The van der Waals surface area contributed by atoms with Crippen molar-refractivity contribution >= 4 is 11.8 Å². The zero-order valence-corrected chi connectivity index (χ0v) is 9.60. The summed E-state index contributed by atoms with van der Waals surface area (Å²) in [5.74, 6) is -0.693. The Hall–Kier alpha value is -2.13. The van der Waals surface area contributed by atoms with E-state index >= 15 is 0 Å². The maximum Gasteiger partial charge on any atom is 0.334 e. The van der Waals surface area contributed by atoms with E-state index in [1.54, 1.807) is 19.1 Å². The van der Waals surface area contributed by atoms with E-state index in [4.69, 9.17) is 15.1 Å². The van der Waals surface area contributed by atoms with Crippen molar-refractivity contribution < 1.29 is 14.6 Å². The predicted octanol–water partition coefficient (Wildman–Crippen LogP) is 0.773. The first kappa shape index (κ1) is 12.9. The second kappa shape index (κ2) is 5.82. The minimum Gasteiger partial charge on any atom is -0.479 e. The fourth-order valence-corrected chi connectivity index (χ4v) is 1.24.